The molecule has 214 valence electrons. The number of halogens is 5. The van der Waals surface area contributed by atoms with Crippen LogP contribution >= 0.6 is 23.4 Å². The summed E-state index contributed by atoms with van der Waals surface area (Å²) in [6, 6.07) is 12.9. The summed E-state index contributed by atoms with van der Waals surface area (Å²) in [6.07, 6.45) is -3.21. The number of amides is 3. The Labute approximate surface area is 241 Å². The molecule has 1 aliphatic rings. The molecule has 1 N–H and O–H groups in total. The summed E-state index contributed by atoms with van der Waals surface area (Å²) in [6.45, 7) is 1.31. The Bertz CT molecular complexity index is 1530. The number of carbonyl (C=O) groups excluding carboxylic acids is 3. The number of nitrogens with one attached hydrogen (secondary N) is 1. The molecule has 4 rings (SSSR count). The average Bonchev–Trinajstić information content (AvgIpc) is 3.15. The molecular weight excluding hydrogens is 588 g/mol. The number of ether oxygens (including phenoxy) is 2. The molecule has 7 nitrogen and oxygen atoms in total. The second kappa shape index (κ2) is 12.6. The van der Waals surface area contributed by atoms with Gasteiger partial charge in [-0.25, -0.2) is 4.39 Å². The van der Waals surface area contributed by atoms with Crippen LogP contribution in [0.15, 0.2) is 65.6 Å². The van der Waals surface area contributed by atoms with Gasteiger partial charge >= 0.3 is 6.18 Å². The highest BCUT2D eigenvalue weighted by atomic mass is 35.5. The van der Waals surface area contributed by atoms with Crippen molar-refractivity contribution in [1.29, 1.82) is 0 Å². The van der Waals surface area contributed by atoms with E-state index in [1.165, 1.54) is 30.3 Å². The highest BCUT2D eigenvalue weighted by molar-refractivity contribution is 8.18. The molecule has 0 spiro atoms. The standard InChI is InChI=1S/C28H21ClF4N2O5S/c1-2-39-22-11-17(10-21(29)25(22)40-15-16-5-3-7-19(30)9-16)12-23-26(37)35(27(38)41-23)14-24(36)34-20-8-4-6-18(13-20)28(31,32)33/h3-13H,2,14-15H2,1H3,(H,34,36)/b23-12-. The molecule has 1 saturated heterocycles. The monoisotopic (exact) mass is 608 g/mol. The van der Waals surface area contributed by atoms with Gasteiger partial charge in [0, 0.05) is 5.69 Å². The molecule has 13 heteroatoms. The van der Waals surface area contributed by atoms with Crippen LogP contribution in [0.2, 0.25) is 5.02 Å². The fourth-order valence-electron chi connectivity index (χ4n) is 3.76. The molecule has 41 heavy (non-hydrogen) atoms. The van der Waals surface area contributed by atoms with Gasteiger partial charge in [0.15, 0.2) is 11.5 Å². The average molecular weight is 609 g/mol. The number of rotatable bonds is 9. The molecule has 0 saturated carbocycles. The second-order valence-corrected chi connectivity index (χ2v) is 9.98. The lowest BCUT2D eigenvalue weighted by molar-refractivity contribution is -0.137. The molecule has 3 amide bonds. The van der Waals surface area contributed by atoms with Crippen LogP contribution in [0.1, 0.15) is 23.6 Å². The smallest absolute Gasteiger partial charge is 0.416 e. The zero-order valence-corrected chi connectivity index (χ0v) is 22.8. The molecule has 3 aromatic rings. The number of thioether (sulfide) groups is 1. The van der Waals surface area contributed by atoms with Crippen LogP contribution in [0.25, 0.3) is 6.08 Å². The summed E-state index contributed by atoms with van der Waals surface area (Å²) in [5.41, 5.74) is -0.126. The van der Waals surface area contributed by atoms with Crippen LogP contribution in [0, 0.1) is 5.82 Å². The summed E-state index contributed by atoms with van der Waals surface area (Å²) >= 11 is 7.02. The van der Waals surface area contributed by atoms with E-state index >= 15 is 0 Å². The number of hydrogen-bond acceptors (Lipinski definition) is 6. The largest absolute Gasteiger partial charge is 0.490 e. The van der Waals surface area contributed by atoms with Gasteiger partial charge in [0.1, 0.15) is 19.0 Å². The minimum absolute atomic E-state index is 0.00573. The van der Waals surface area contributed by atoms with E-state index in [0.717, 1.165) is 18.2 Å². The number of benzene rings is 3. The van der Waals surface area contributed by atoms with Crippen molar-refractivity contribution in [2.24, 2.45) is 0 Å². The molecule has 1 heterocycles. The van der Waals surface area contributed by atoms with Crippen molar-refractivity contribution in [2.75, 3.05) is 18.5 Å². The van der Waals surface area contributed by atoms with Gasteiger partial charge in [-0.3, -0.25) is 19.3 Å². The summed E-state index contributed by atoms with van der Waals surface area (Å²) in [7, 11) is 0. The van der Waals surface area contributed by atoms with E-state index in [4.69, 9.17) is 21.1 Å². The van der Waals surface area contributed by atoms with Crippen molar-refractivity contribution in [3.8, 4) is 11.5 Å². The van der Waals surface area contributed by atoms with Crippen molar-refractivity contribution >= 4 is 52.2 Å². The number of nitrogens with zero attached hydrogens (tertiary/aromatic N) is 1. The van der Waals surface area contributed by atoms with Crippen LogP contribution in [0.3, 0.4) is 0 Å². The molecule has 0 radical (unpaired) electrons. The van der Waals surface area contributed by atoms with Crippen molar-refractivity contribution in [2.45, 2.75) is 19.7 Å². The summed E-state index contributed by atoms with van der Waals surface area (Å²) < 4.78 is 63.7. The first-order valence-electron chi connectivity index (χ1n) is 12.0. The third-order valence-electron chi connectivity index (χ3n) is 5.55. The van der Waals surface area contributed by atoms with Gasteiger partial charge in [0.25, 0.3) is 11.1 Å². The Balaban J connectivity index is 1.48. The van der Waals surface area contributed by atoms with Gasteiger partial charge < -0.3 is 14.8 Å². The van der Waals surface area contributed by atoms with Crippen LogP contribution in [0.5, 0.6) is 11.5 Å². The fourth-order valence-corrected chi connectivity index (χ4v) is 4.87. The quantitative estimate of drug-likeness (QED) is 0.205. The lowest BCUT2D eigenvalue weighted by atomic mass is 10.1. The van der Waals surface area contributed by atoms with Gasteiger partial charge in [0.05, 0.1) is 22.1 Å². The first-order chi connectivity index (χ1) is 19.4. The van der Waals surface area contributed by atoms with Crippen molar-refractivity contribution in [3.05, 3.63) is 93.1 Å². The predicted molar refractivity (Wildman–Crippen MR) is 146 cm³/mol. The summed E-state index contributed by atoms with van der Waals surface area (Å²) in [5.74, 6) is -1.58. The number of hydrogen-bond donors (Lipinski definition) is 1. The number of imide groups is 1. The van der Waals surface area contributed by atoms with E-state index in [2.05, 4.69) is 5.32 Å². The van der Waals surface area contributed by atoms with Crippen LogP contribution in [-0.2, 0) is 22.4 Å². The Kier molecular flexibility index (Phi) is 9.24. The number of carbonyl (C=O) groups is 3. The first-order valence-corrected chi connectivity index (χ1v) is 13.2. The lowest BCUT2D eigenvalue weighted by Crippen LogP contribution is -2.36. The molecule has 1 fully saturated rings. The summed E-state index contributed by atoms with van der Waals surface area (Å²) in [5, 5.41) is 1.67. The number of anilines is 1. The Hall–Kier alpha value is -4.03. The Morgan fingerprint density at radius 3 is 2.54 bits per heavy atom. The zero-order chi connectivity index (χ0) is 29.7. The molecule has 3 aromatic carbocycles. The van der Waals surface area contributed by atoms with Crippen LogP contribution in [0.4, 0.5) is 28.0 Å². The van der Waals surface area contributed by atoms with Gasteiger partial charge in [0.2, 0.25) is 5.91 Å². The van der Waals surface area contributed by atoms with E-state index in [0.29, 0.717) is 27.8 Å². The topological polar surface area (TPSA) is 84.9 Å². The molecule has 0 bridgehead atoms. The molecule has 0 atom stereocenters. The number of alkyl halides is 3. The van der Waals surface area contributed by atoms with Crippen molar-refractivity contribution in [1.82, 2.24) is 4.90 Å². The van der Waals surface area contributed by atoms with Gasteiger partial charge in [-0.15, -0.1) is 0 Å². The minimum Gasteiger partial charge on any atom is -0.490 e. The molecular formula is C28H21ClF4N2O5S. The van der Waals surface area contributed by atoms with E-state index in [1.807, 2.05) is 0 Å². The minimum atomic E-state index is -4.60. The fraction of sp³-hybridized carbons (Fsp3) is 0.179. The van der Waals surface area contributed by atoms with Crippen molar-refractivity contribution in [3.63, 3.8) is 0 Å². The predicted octanol–water partition coefficient (Wildman–Crippen LogP) is 7.15. The van der Waals surface area contributed by atoms with Crippen LogP contribution < -0.4 is 14.8 Å². The first kappa shape index (κ1) is 29.9. The maximum atomic E-state index is 13.5. The molecule has 0 aromatic heterocycles. The third kappa shape index (κ3) is 7.59. The lowest BCUT2D eigenvalue weighted by Gasteiger charge is -2.15. The Morgan fingerprint density at radius 1 is 1.07 bits per heavy atom. The highest BCUT2D eigenvalue weighted by Gasteiger charge is 2.36. The third-order valence-corrected chi connectivity index (χ3v) is 6.74. The van der Waals surface area contributed by atoms with Gasteiger partial charge in [-0.1, -0.05) is 29.8 Å². The highest BCUT2D eigenvalue weighted by Crippen LogP contribution is 2.39. The summed E-state index contributed by atoms with van der Waals surface area (Å²) in [4.78, 5) is 38.5. The Morgan fingerprint density at radius 2 is 1.83 bits per heavy atom. The van der Waals surface area contributed by atoms with E-state index in [1.54, 1.807) is 25.1 Å². The van der Waals surface area contributed by atoms with E-state index < -0.39 is 41.2 Å². The van der Waals surface area contributed by atoms with Gasteiger partial charge in [-0.05, 0) is 78.4 Å². The molecule has 0 unspecified atom stereocenters. The van der Waals surface area contributed by atoms with E-state index in [9.17, 15) is 31.9 Å². The second-order valence-electron chi connectivity index (χ2n) is 8.58. The normalized spacial score (nSPS) is 14.5. The maximum Gasteiger partial charge on any atom is 0.416 e. The van der Waals surface area contributed by atoms with Crippen LogP contribution in [-0.4, -0.2) is 35.1 Å². The van der Waals surface area contributed by atoms with E-state index in [-0.39, 0.29) is 40.3 Å². The molecule has 1 aliphatic heterocycles. The maximum absolute atomic E-state index is 13.5. The SMILES string of the molecule is CCOc1cc(/C=C2\SC(=O)N(CC(=O)Nc3cccc(C(F)(F)F)c3)C2=O)cc(Cl)c1OCc1cccc(F)c1. The van der Waals surface area contributed by atoms with Crippen molar-refractivity contribution < 1.29 is 41.4 Å². The zero-order valence-electron chi connectivity index (χ0n) is 21.3. The van der Waals surface area contributed by atoms with Gasteiger partial charge in [-0.2, -0.15) is 13.2 Å². The molecule has 0 aliphatic carbocycles.